The predicted octanol–water partition coefficient (Wildman–Crippen LogP) is 1.54. The van der Waals surface area contributed by atoms with Crippen LogP contribution in [0.25, 0.3) is 0 Å². The molecular formula is C11H22N2OS. The zero-order valence-corrected chi connectivity index (χ0v) is 11.1. The van der Waals surface area contributed by atoms with Gasteiger partial charge in [0.1, 0.15) is 0 Å². The summed E-state index contributed by atoms with van der Waals surface area (Å²) >= 11 is 1.80. The molecule has 0 bridgehead atoms. The summed E-state index contributed by atoms with van der Waals surface area (Å²) in [7, 11) is 0. The van der Waals surface area contributed by atoms with Crippen molar-refractivity contribution in [1.82, 2.24) is 10.2 Å². The van der Waals surface area contributed by atoms with Crippen LogP contribution in [0.15, 0.2) is 0 Å². The second kappa shape index (κ2) is 5.21. The molecule has 0 radical (unpaired) electrons. The standard InChI is InChI=1S/C11H22N2OS/c1-7(2)10-11(14)13(9(4)12-10)6-8(3)15-5/h7-10,12H,6H2,1-5H3. The molecule has 0 aliphatic carbocycles. The Morgan fingerprint density at radius 3 is 2.47 bits per heavy atom. The smallest absolute Gasteiger partial charge is 0.241 e. The van der Waals surface area contributed by atoms with Crippen LogP contribution in [-0.4, -0.2) is 41.1 Å². The minimum atomic E-state index is 0.00839. The number of nitrogens with one attached hydrogen (secondary N) is 1. The lowest BCUT2D eigenvalue weighted by Gasteiger charge is -2.23. The molecule has 1 heterocycles. The molecule has 1 fully saturated rings. The van der Waals surface area contributed by atoms with Crippen molar-refractivity contribution in [3.8, 4) is 0 Å². The number of nitrogens with zero attached hydrogens (tertiary/aromatic N) is 1. The fraction of sp³-hybridized carbons (Fsp3) is 0.909. The minimum Gasteiger partial charge on any atom is -0.325 e. The summed E-state index contributed by atoms with van der Waals surface area (Å²) in [5.74, 6) is 0.632. The van der Waals surface area contributed by atoms with Crippen molar-refractivity contribution in [1.29, 1.82) is 0 Å². The van der Waals surface area contributed by atoms with Gasteiger partial charge in [-0.2, -0.15) is 11.8 Å². The maximum absolute atomic E-state index is 12.1. The summed E-state index contributed by atoms with van der Waals surface area (Å²) in [5, 5.41) is 3.85. The number of carbonyl (C=O) groups excluding carboxylic acids is 1. The van der Waals surface area contributed by atoms with Crippen molar-refractivity contribution in [2.24, 2.45) is 5.92 Å². The van der Waals surface area contributed by atoms with Gasteiger partial charge in [-0.3, -0.25) is 10.1 Å². The number of thioether (sulfide) groups is 1. The topological polar surface area (TPSA) is 32.3 Å². The van der Waals surface area contributed by atoms with Gasteiger partial charge in [0.25, 0.3) is 0 Å². The van der Waals surface area contributed by atoms with Crippen molar-refractivity contribution < 1.29 is 4.79 Å². The quantitative estimate of drug-likeness (QED) is 0.795. The lowest BCUT2D eigenvalue weighted by Crippen LogP contribution is -2.38. The van der Waals surface area contributed by atoms with E-state index in [-0.39, 0.29) is 18.1 Å². The van der Waals surface area contributed by atoms with Gasteiger partial charge in [-0.05, 0) is 19.1 Å². The third-order valence-corrected chi connectivity index (χ3v) is 3.91. The zero-order chi connectivity index (χ0) is 11.6. The largest absolute Gasteiger partial charge is 0.325 e. The molecule has 3 nitrogen and oxygen atoms in total. The first kappa shape index (κ1) is 12.8. The molecule has 1 rings (SSSR count). The Hall–Kier alpha value is -0.220. The van der Waals surface area contributed by atoms with Crippen molar-refractivity contribution in [3.05, 3.63) is 0 Å². The number of carbonyl (C=O) groups is 1. The van der Waals surface area contributed by atoms with Crippen LogP contribution in [0, 0.1) is 5.92 Å². The normalized spacial score (nSPS) is 28.9. The van der Waals surface area contributed by atoms with E-state index in [9.17, 15) is 4.79 Å². The van der Waals surface area contributed by atoms with E-state index in [1.54, 1.807) is 11.8 Å². The number of hydrogen-bond acceptors (Lipinski definition) is 3. The molecule has 15 heavy (non-hydrogen) atoms. The fourth-order valence-corrected chi connectivity index (χ4v) is 2.18. The summed E-state index contributed by atoms with van der Waals surface area (Å²) < 4.78 is 0. The van der Waals surface area contributed by atoms with Crippen LogP contribution in [0.4, 0.5) is 0 Å². The molecule has 0 aromatic heterocycles. The van der Waals surface area contributed by atoms with E-state index in [1.807, 2.05) is 4.90 Å². The maximum Gasteiger partial charge on any atom is 0.241 e. The molecular weight excluding hydrogens is 208 g/mol. The molecule has 3 atom stereocenters. The van der Waals surface area contributed by atoms with E-state index in [4.69, 9.17) is 0 Å². The lowest BCUT2D eigenvalue weighted by atomic mass is 10.1. The van der Waals surface area contributed by atoms with Crippen LogP contribution < -0.4 is 5.32 Å². The molecule has 1 aliphatic heterocycles. The van der Waals surface area contributed by atoms with Gasteiger partial charge in [0.2, 0.25) is 5.91 Å². The first-order valence-electron chi connectivity index (χ1n) is 5.56. The summed E-state index contributed by atoms with van der Waals surface area (Å²) in [6.07, 6.45) is 2.27. The zero-order valence-electron chi connectivity index (χ0n) is 10.3. The van der Waals surface area contributed by atoms with Gasteiger partial charge < -0.3 is 4.90 Å². The molecule has 88 valence electrons. The Morgan fingerprint density at radius 1 is 1.47 bits per heavy atom. The van der Waals surface area contributed by atoms with Gasteiger partial charge in [-0.25, -0.2) is 0 Å². The second-order valence-electron chi connectivity index (χ2n) is 4.60. The SMILES string of the molecule is CSC(C)CN1C(=O)C(C(C)C)NC1C. The molecule has 4 heteroatoms. The van der Waals surface area contributed by atoms with Crippen LogP contribution in [0.2, 0.25) is 0 Å². The van der Waals surface area contributed by atoms with E-state index in [0.717, 1.165) is 6.54 Å². The number of rotatable bonds is 4. The summed E-state index contributed by atoms with van der Waals surface area (Å²) in [6.45, 7) is 9.24. The van der Waals surface area contributed by atoms with Gasteiger partial charge in [0.05, 0.1) is 12.2 Å². The average Bonchev–Trinajstić information content (AvgIpc) is 2.45. The van der Waals surface area contributed by atoms with Crippen molar-refractivity contribution in [2.75, 3.05) is 12.8 Å². The molecule has 0 spiro atoms. The van der Waals surface area contributed by atoms with E-state index >= 15 is 0 Å². The van der Waals surface area contributed by atoms with E-state index in [0.29, 0.717) is 11.2 Å². The first-order chi connectivity index (χ1) is 6.97. The van der Waals surface area contributed by atoms with Gasteiger partial charge in [0.15, 0.2) is 0 Å². The van der Waals surface area contributed by atoms with E-state index < -0.39 is 0 Å². The average molecular weight is 230 g/mol. The Labute approximate surface area is 97.0 Å². The second-order valence-corrected chi connectivity index (χ2v) is 5.88. The van der Waals surface area contributed by atoms with Crippen molar-refractivity contribution in [3.63, 3.8) is 0 Å². The molecule has 1 amide bonds. The molecule has 1 N–H and O–H groups in total. The highest BCUT2D eigenvalue weighted by Gasteiger charge is 2.38. The molecule has 0 saturated carbocycles. The third kappa shape index (κ3) is 2.88. The van der Waals surface area contributed by atoms with Crippen molar-refractivity contribution >= 4 is 17.7 Å². The van der Waals surface area contributed by atoms with E-state index in [2.05, 4.69) is 39.3 Å². The maximum atomic E-state index is 12.1. The third-order valence-electron chi connectivity index (χ3n) is 2.96. The van der Waals surface area contributed by atoms with Crippen LogP contribution in [-0.2, 0) is 4.79 Å². The molecule has 0 aromatic rings. The van der Waals surface area contributed by atoms with Crippen LogP contribution in [0.3, 0.4) is 0 Å². The molecule has 1 aliphatic rings. The highest BCUT2D eigenvalue weighted by atomic mass is 32.2. The Balaban J connectivity index is 2.62. The Bertz CT molecular complexity index is 233. The number of hydrogen-bond donors (Lipinski definition) is 1. The van der Waals surface area contributed by atoms with Gasteiger partial charge in [-0.15, -0.1) is 0 Å². The summed E-state index contributed by atoms with van der Waals surface area (Å²) in [4.78, 5) is 14.0. The highest BCUT2D eigenvalue weighted by molar-refractivity contribution is 7.99. The van der Waals surface area contributed by atoms with Crippen LogP contribution in [0.5, 0.6) is 0 Å². The van der Waals surface area contributed by atoms with Gasteiger partial charge in [0, 0.05) is 11.8 Å². The summed E-state index contributed by atoms with van der Waals surface area (Å²) in [5.41, 5.74) is 0. The minimum absolute atomic E-state index is 0.00839. The molecule has 1 saturated heterocycles. The predicted molar refractivity (Wildman–Crippen MR) is 65.9 cm³/mol. The van der Waals surface area contributed by atoms with E-state index in [1.165, 1.54) is 0 Å². The summed E-state index contributed by atoms with van der Waals surface area (Å²) in [6, 6.07) is 0.00839. The Kier molecular flexibility index (Phi) is 4.46. The van der Waals surface area contributed by atoms with Gasteiger partial charge in [-0.1, -0.05) is 20.8 Å². The highest BCUT2D eigenvalue weighted by Crippen LogP contribution is 2.19. The molecule has 0 aromatic carbocycles. The molecule has 3 unspecified atom stereocenters. The lowest BCUT2D eigenvalue weighted by molar-refractivity contribution is -0.130. The van der Waals surface area contributed by atoms with Crippen LogP contribution in [0.1, 0.15) is 27.7 Å². The monoisotopic (exact) mass is 230 g/mol. The Morgan fingerprint density at radius 2 is 2.07 bits per heavy atom. The van der Waals surface area contributed by atoms with Crippen molar-refractivity contribution in [2.45, 2.75) is 45.2 Å². The number of amides is 1. The van der Waals surface area contributed by atoms with Crippen LogP contribution >= 0.6 is 11.8 Å². The first-order valence-corrected chi connectivity index (χ1v) is 6.85. The van der Waals surface area contributed by atoms with Gasteiger partial charge >= 0.3 is 0 Å². The fourth-order valence-electron chi connectivity index (χ4n) is 1.87.